The number of halogens is 1. The third kappa shape index (κ3) is 3.19. The predicted octanol–water partition coefficient (Wildman–Crippen LogP) is 5.45. The SMILES string of the molecule is CC(C)c1ccc2c(c1)OC1(N=O)C3=CCCC(N)=C3C(=O)C21NC(=O)C1=C(Br)Cc2ccccc2S1. The van der Waals surface area contributed by atoms with E-state index in [2.05, 4.69) is 26.4 Å². The lowest BCUT2D eigenvalue weighted by molar-refractivity contribution is -0.131. The number of hydrogen-bond donors (Lipinski definition) is 2. The molecule has 2 aromatic rings. The molecule has 4 aliphatic rings. The van der Waals surface area contributed by atoms with E-state index < -0.39 is 23.0 Å². The second-order valence-electron chi connectivity index (χ2n) is 9.96. The maximum atomic E-state index is 14.3. The molecule has 0 aromatic heterocycles. The van der Waals surface area contributed by atoms with E-state index in [0.717, 1.165) is 16.0 Å². The Labute approximate surface area is 226 Å². The second-order valence-corrected chi connectivity index (χ2v) is 12.0. The van der Waals surface area contributed by atoms with E-state index in [4.69, 9.17) is 10.5 Å². The van der Waals surface area contributed by atoms with Crippen molar-refractivity contribution in [1.29, 1.82) is 0 Å². The zero-order chi connectivity index (χ0) is 26.1. The van der Waals surface area contributed by atoms with Crippen molar-refractivity contribution in [3.05, 3.63) is 96.4 Å². The van der Waals surface area contributed by atoms with Crippen molar-refractivity contribution in [1.82, 2.24) is 5.32 Å². The second kappa shape index (κ2) is 8.43. The fraction of sp³-hybridized carbons (Fsp3) is 0.286. The molecule has 0 saturated heterocycles. The van der Waals surface area contributed by atoms with Crippen LogP contribution in [0.2, 0.25) is 0 Å². The Morgan fingerprint density at radius 2 is 2.03 bits per heavy atom. The van der Waals surface area contributed by atoms with Gasteiger partial charge in [-0.25, -0.2) is 0 Å². The number of amides is 1. The summed E-state index contributed by atoms with van der Waals surface area (Å²) in [7, 11) is 0. The maximum Gasteiger partial charge on any atom is 0.299 e. The summed E-state index contributed by atoms with van der Waals surface area (Å²) in [4.78, 5) is 42.4. The summed E-state index contributed by atoms with van der Waals surface area (Å²) in [5, 5.41) is 6.43. The number of fused-ring (bicyclic) bond motifs is 6. The fourth-order valence-electron chi connectivity index (χ4n) is 5.68. The highest BCUT2D eigenvalue weighted by Gasteiger charge is 2.76. The Morgan fingerprint density at radius 3 is 2.78 bits per heavy atom. The number of hydrogen-bond acceptors (Lipinski definition) is 7. The zero-order valence-corrected chi connectivity index (χ0v) is 22.7. The minimum Gasteiger partial charge on any atom is -0.455 e. The number of Topliss-reactive ketones (excluding diaryl/α,β-unsaturated/α-hetero) is 1. The van der Waals surface area contributed by atoms with Crippen molar-refractivity contribution in [2.24, 2.45) is 10.9 Å². The van der Waals surface area contributed by atoms with E-state index in [-0.39, 0.29) is 11.5 Å². The first kappa shape index (κ1) is 24.2. The quantitative estimate of drug-likeness (QED) is 0.467. The van der Waals surface area contributed by atoms with Crippen LogP contribution in [-0.2, 0) is 21.5 Å². The van der Waals surface area contributed by atoms with E-state index in [1.54, 1.807) is 12.1 Å². The lowest BCUT2D eigenvalue weighted by Gasteiger charge is -2.33. The third-order valence-electron chi connectivity index (χ3n) is 7.54. The van der Waals surface area contributed by atoms with Gasteiger partial charge in [0, 0.05) is 38.2 Å². The molecule has 1 saturated carbocycles. The van der Waals surface area contributed by atoms with Crippen molar-refractivity contribution >= 4 is 39.4 Å². The lowest BCUT2D eigenvalue weighted by Crippen LogP contribution is -2.61. The Morgan fingerprint density at radius 1 is 1.24 bits per heavy atom. The van der Waals surface area contributed by atoms with Crippen LogP contribution in [0.15, 0.2) is 84.8 Å². The molecule has 6 rings (SSSR count). The average molecular weight is 578 g/mol. The summed E-state index contributed by atoms with van der Waals surface area (Å²) in [6, 6.07) is 13.3. The van der Waals surface area contributed by atoms with Gasteiger partial charge in [-0.15, -0.1) is 4.91 Å². The number of allylic oxidation sites excluding steroid dienone is 3. The van der Waals surface area contributed by atoms with Crippen LogP contribution in [0.25, 0.3) is 0 Å². The summed E-state index contributed by atoms with van der Waals surface area (Å²) in [6.45, 7) is 4.09. The molecule has 2 aliphatic heterocycles. The monoisotopic (exact) mass is 577 g/mol. The van der Waals surface area contributed by atoms with Gasteiger partial charge in [0.1, 0.15) is 5.75 Å². The Balaban J connectivity index is 1.53. The highest BCUT2D eigenvalue weighted by atomic mass is 79.9. The highest BCUT2D eigenvalue weighted by molar-refractivity contribution is 9.11. The summed E-state index contributed by atoms with van der Waals surface area (Å²) in [6.07, 6.45) is 3.35. The minimum absolute atomic E-state index is 0.190. The molecule has 2 aromatic carbocycles. The summed E-state index contributed by atoms with van der Waals surface area (Å²) < 4.78 is 7.01. The molecule has 37 heavy (non-hydrogen) atoms. The molecule has 9 heteroatoms. The number of thioether (sulfide) groups is 1. The molecule has 2 heterocycles. The van der Waals surface area contributed by atoms with Gasteiger partial charge in [0.15, 0.2) is 0 Å². The molecule has 2 aliphatic carbocycles. The van der Waals surface area contributed by atoms with Crippen molar-refractivity contribution in [2.75, 3.05) is 0 Å². The lowest BCUT2D eigenvalue weighted by atomic mass is 9.81. The number of ketones is 1. The van der Waals surface area contributed by atoms with Gasteiger partial charge in [0.2, 0.25) is 11.3 Å². The zero-order valence-electron chi connectivity index (χ0n) is 20.3. The molecule has 1 fully saturated rings. The van der Waals surface area contributed by atoms with Gasteiger partial charge in [0.05, 0.1) is 4.91 Å². The molecule has 0 radical (unpaired) electrons. The van der Waals surface area contributed by atoms with Gasteiger partial charge in [-0.1, -0.05) is 77.9 Å². The molecule has 2 atom stereocenters. The smallest absolute Gasteiger partial charge is 0.299 e. The molecule has 0 spiro atoms. The van der Waals surface area contributed by atoms with Crippen molar-refractivity contribution in [2.45, 2.75) is 55.2 Å². The number of nitroso groups, excluding NO2 is 1. The minimum atomic E-state index is -1.98. The van der Waals surface area contributed by atoms with Crippen LogP contribution in [0, 0.1) is 4.91 Å². The van der Waals surface area contributed by atoms with Crippen molar-refractivity contribution in [3.8, 4) is 5.75 Å². The van der Waals surface area contributed by atoms with Crippen molar-refractivity contribution < 1.29 is 14.3 Å². The van der Waals surface area contributed by atoms with Crippen LogP contribution in [-0.4, -0.2) is 17.4 Å². The molecule has 1 amide bonds. The van der Waals surface area contributed by atoms with Gasteiger partial charge in [-0.2, -0.15) is 0 Å². The number of carbonyl (C=O) groups is 2. The van der Waals surface area contributed by atoms with Crippen LogP contribution in [0.1, 0.15) is 49.3 Å². The summed E-state index contributed by atoms with van der Waals surface area (Å²) in [5.74, 6) is -0.415. The number of ether oxygens (including phenoxy) is 1. The van der Waals surface area contributed by atoms with Gasteiger partial charge >= 0.3 is 0 Å². The van der Waals surface area contributed by atoms with Crippen LogP contribution in [0.3, 0.4) is 0 Å². The molecule has 188 valence electrons. The molecular weight excluding hydrogens is 554 g/mol. The van der Waals surface area contributed by atoms with Gasteiger partial charge in [0.25, 0.3) is 11.6 Å². The van der Waals surface area contributed by atoms with Crippen LogP contribution in [0.5, 0.6) is 5.75 Å². The first-order valence-corrected chi connectivity index (χ1v) is 13.7. The molecule has 7 nitrogen and oxygen atoms in total. The predicted molar refractivity (Wildman–Crippen MR) is 145 cm³/mol. The molecule has 2 unspecified atom stereocenters. The first-order valence-electron chi connectivity index (χ1n) is 12.1. The van der Waals surface area contributed by atoms with E-state index in [1.807, 2.05) is 50.2 Å². The van der Waals surface area contributed by atoms with Crippen LogP contribution < -0.4 is 15.8 Å². The van der Waals surface area contributed by atoms with Gasteiger partial charge in [-0.05, 0) is 47.2 Å². The van der Waals surface area contributed by atoms with E-state index in [1.165, 1.54) is 11.8 Å². The standard InChI is InChI=1S/C28H24BrN3O4S/c1-14(2)15-10-11-17-21(13-15)36-28(32-35)18-7-5-8-20(30)23(18)25(33)27(17,28)31-26(34)24-19(29)12-16-6-3-4-9-22(16)37-24/h3-4,6-7,9-11,13-14H,5,8,12,30H2,1-2H3,(H,31,34). The van der Waals surface area contributed by atoms with Crippen molar-refractivity contribution in [3.63, 3.8) is 0 Å². The highest BCUT2D eigenvalue weighted by Crippen LogP contribution is 2.61. The number of rotatable bonds is 4. The van der Waals surface area contributed by atoms with Gasteiger partial charge < -0.3 is 15.8 Å². The average Bonchev–Trinajstić information content (AvgIpc) is 3.28. The Kier molecular flexibility index (Phi) is 5.51. The van der Waals surface area contributed by atoms with E-state index in [9.17, 15) is 14.5 Å². The first-order chi connectivity index (χ1) is 17.7. The number of nitrogens with two attached hydrogens (primary N) is 1. The fourth-order valence-corrected chi connectivity index (χ4v) is 7.37. The molecule has 0 bridgehead atoms. The van der Waals surface area contributed by atoms with Crippen LogP contribution in [0.4, 0.5) is 0 Å². The van der Waals surface area contributed by atoms with Gasteiger partial charge in [-0.3, -0.25) is 9.59 Å². The summed E-state index contributed by atoms with van der Waals surface area (Å²) >= 11 is 4.89. The summed E-state index contributed by atoms with van der Waals surface area (Å²) in [5.41, 5.74) is 5.85. The van der Waals surface area contributed by atoms with E-state index in [0.29, 0.717) is 51.2 Å². The topological polar surface area (TPSA) is 111 Å². The Bertz CT molecular complexity index is 1510. The third-order valence-corrected chi connectivity index (χ3v) is 9.73. The maximum absolute atomic E-state index is 14.3. The Hall–Kier alpha value is -3.17. The largest absolute Gasteiger partial charge is 0.455 e. The normalized spacial score (nSPS) is 25.7. The molecule has 3 N–H and O–H groups in total. The number of carbonyl (C=O) groups excluding carboxylic acids is 2. The molecular formula is C28H24BrN3O4S. The number of benzene rings is 2. The number of nitrogens with one attached hydrogen (secondary N) is 1. The van der Waals surface area contributed by atoms with Crippen LogP contribution >= 0.6 is 27.7 Å². The number of nitrogens with zero attached hydrogens (tertiary/aromatic N) is 1. The van der Waals surface area contributed by atoms with E-state index >= 15 is 0 Å².